The lowest BCUT2D eigenvalue weighted by molar-refractivity contribution is -0.0869. The number of benzene rings is 1. The lowest BCUT2D eigenvalue weighted by atomic mass is 10.1. The third kappa shape index (κ3) is 4.07. The lowest BCUT2D eigenvalue weighted by Crippen LogP contribution is -2.38. The summed E-state index contributed by atoms with van der Waals surface area (Å²) in [6.45, 7) is 5.10. The molecule has 0 radical (unpaired) electrons. The van der Waals surface area contributed by atoms with Gasteiger partial charge in [-0.3, -0.25) is 0 Å². The SMILES string of the molecule is CC(NCC1COCCO1)c1cccc(Br)c1. The van der Waals surface area contributed by atoms with E-state index in [9.17, 15) is 0 Å². The molecule has 2 unspecified atom stereocenters. The zero-order valence-electron chi connectivity index (χ0n) is 9.99. The monoisotopic (exact) mass is 299 g/mol. The van der Waals surface area contributed by atoms with Gasteiger partial charge in [0.05, 0.1) is 25.9 Å². The molecule has 0 aromatic heterocycles. The molecule has 94 valence electrons. The van der Waals surface area contributed by atoms with E-state index < -0.39 is 0 Å². The zero-order valence-corrected chi connectivity index (χ0v) is 11.6. The van der Waals surface area contributed by atoms with Crippen LogP contribution >= 0.6 is 15.9 Å². The molecule has 1 saturated heterocycles. The van der Waals surface area contributed by atoms with E-state index in [0.717, 1.165) is 17.6 Å². The molecule has 1 aliphatic rings. The largest absolute Gasteiger partial charge is 0.376 e. The predicted molar refractivity (Wildman–Crippen MR) is 71.1 cm³/mol. The zero-order chi connectivity index (χ0) is 12.1. The van der Waals surface area contributed by atoms with E-state index in [1.165, 1.54) is 5.56 Å². The average molecular weight is 300 g/mol. The van der Waals surface area contributed by atoms with Crippen LogP contribution in [0.1, 0.15) is 18.5 Å². The number of halogens is 1. The van der Waals surface area contributed by atoms with Gasteiger partial charge in [0.15, 0.2) is 0 Å². The van der Waals surface area contributed by atoms with Gasteiger partial charge >= 0.3 is 0 Å². The van der Waals surface area contributed by atoms with E-state index in [1.54, 1.807) is 0 Å². The number of hydrogen-bond donors (Lipinski definition) is 1. The van der Waals surface area contributed by atoms with Crippen molar-refractivity contribution < 1.29 is 9.47 Å². The van der Waals surface area contributed by atoms with Crippen molar-refractivity contribution in [2.75, 3.05) is 26.4 Å². The Morgan fingerprint density at radius 2 is 2.35 bits per heavy atom. The molecule has 1 aromatic rings. The Balaban J connectivity index is 1.82. The van der Waals surface area contributed by atoms with Crippen LogP contribution in [0.4, 0.5) is 0 Å². The Kier molecular flexibility index (Phi) is 4.98. The highest BCUT2D eigenvalue weighted by molar-refractivity contribution is 9.10. The fraction of sp³-hybridized carbons (Fsp3) is 0.538. The average Bonchev–Trinajstić information content (AvgIpc) is 2.37. The molecule has 1 aromatic carbocycles. The van der Waals surface area contributed by atoms with Gasteiger partial charge in [-0.25, -0.2) is 0 Å². The summed E-state index contributed by atoms with van der Waals surface area (Å²) >= 11 is 3.49. The summed E-state index contributed by atoms with van der Waals surface area (Å²) in [6, 6.07) is 8.67. The molecular formula is C13H18BrNO2. The fourth-order valence-corrected chi connectivity index (χ4v) is 2.27. The second-order valence-electron chi connectivity index (χ2n) is 4.25. The number of ether oxygens (including phenoxy) is 2. The van der Waals surface area contributed by atoms with Crippen molar-refractivity contribution in [1.82, 2.24) is 5.32 Å². The van der Waals surface area contributed by atoms with Crippen LogP contribution in [0.25, 0.3) is 0 Å². The third-order valence-electron chi connectivity index (χ3n) is 2.89. The van der Waals surface area contributed by atoms with E-state index in [2.05, 4.69) is 46.4 Å². The second kappa shape index (κ2) is 6.50. The summed E-state index contributed by atoms with van der Waals surface area (Å²) < 4.78 is 12.1. The van der Waals surface area contributed by atoms with Gasteiger partial charge in [-0.05, 0) is 24.6 Å². The molecule has 0 amide bonds. The van der Waals surface area contributed by atoms with Crippen molar-refractivity contribution in [1.29, 1.82) is 0 Å². The maximum Gasteiger partial charge on any atom is 0.0933 e. The van der Waals surface area contributed by atoms with Gasteiger partial charge in [0.1, 0.15) is 0 Å². The molecule has 2 rings (SSSR count). The van der Waals surface area contributed by atoms with Gasteiger partial charge in [-0.15, -0.1) is 0 Å². The summed E-state index contributed by atoms with van der Waals surface area (Å²) in [5, 5.41) is 3.47. The Bertz CT molecular complexity index is 353. The van der Waals surface area contributed by atoms with Crippen molar-refractivity contribution >= 4 is 15.9 Å². The summed E-state index contributed by atoms with van der Waals surface area (Å²) in [7, 11) is 0. The molecule has 0 saturated carbocycles. The van der Waals surface area contributed by atoms with Gasteiger partial charge in [-0.1, -0.05) is 28.1 Å². The molecule has 4 heteroatoms. The molecule has 1 fully saturated rings. The minimum absolute atomic E-state index is 0.179. The molecule has 1 heterocycles. The number of rotatable bonds is 4. The first-order valence-electron chi connectivity index (χ1n) is 5.94. The van der Waals surface area contributed by atoms with Crippen molar-refractivity contribution in [3.05, 3.63) is 34.3 Å². The molecule has 1 aliphatic heterocycles. The van der Waals surface area contributed by atoms with Gasteiger partial charge in [0.2, 0.25) is 0 Å². The first-order valence-corrected chi connectivity index (χ1v) is 6.73. The predicted octanol–water partition coefficient (Wildman–Crippen LogP) is 2.52. The molecule has 2 atom stereocenters. The highest BCUT2D eigenvalue weighted by atomic mass is 79.9. The highest BCUT2D eigenvalue weighted by Gasteiger charge is 2.15. The van der Waals surface area contributed by atoms with Crippen LogP contribution < -0.4 is 5.32 Å². The first-order chi connectivity index (χ1) is 8.25. The summed E-state index contributed by atoms with van der Waals surface area (Å²) in [5.74, 6) is 0. The summed E-state index contributed by atoms with van der Waals surface area (Å²) in [5.41, 5.74) is 1.27. The van der Waals surface area contributed by atoms with Crippen LogP contribution in [0.15, 0.2) is 28.7 Å². The van der Waals surface area contributed by atoms with E-state index in [4.69, 9.17) is 9.47 Å². The lowest BCUT2D eigenvalue weighted by Gasteiger charge is -2.25. The standard InChI is InChI=1S/C13H18BrNO2/c1-10(11-3-2-4-12(14)7-11)15-8-13-9-16-5-6-17-13/h2-4,7,10,13,15H,5-6,8-9H2,1H3. The van der Waals surface area contributed by atoms with Crippen LogP contribution in [0.5, 0.6) is 0 Å². The number of hydrogen-bond acceptors (Lipinski definition) is 3. The Labute approximate surface area is 111 Å². The van der Waals surface area contributed by atoms with Gasteiger partial charge < -0.3 is 14.8 Å². The molecule has 17 heavy (non-hydrogen) atoms. The Hall–Kier alpha value is -0.420. The smallest absolute Gasteiger partial charge is 0.0933 e. The van der Waals surface area contributed by atoms with Crippen LogP contribution in [0.3, 0.4) is 0 Å². The highest BCUT2D eigenvalue weighted by Crippen LogP contribution is 2.17. The van der Waals surface area contributed by atoms with Crippen LogP contribution in [0.2, 0.25) is 0 Å². The van der Waals surface area contributed by atoms with E-state index in [0.29, 0.717) is 19.3 Å². The van der Waals surface area contributed by atoms with Gasteiger partial charge in [-0.2, -0.15) is 0 Å². The van der Waals surface area contributed by atoms with Crippen LogP contribution in [-0.2, 0) is 9.47 Å². The Morgan fingerprint density at radius 1 is 1.47 bits per heavy atom. The topological polar surface area (TPSA) is 30.5 Å². The summed E-state index contributed by atoms with van der Waals surface area (Å²) in [6.07, 6.45) is 0.179. The van der Waals surface area contributed by atoms with Crippen molar-refractivity contribution in [3.8, 4) is 0 Å². The quantitative estimate of drug-likeness (QED) is 0.927. The second-order valence-corrected chi connectivity index (χ2v) is 5.17. The Morgan fingerprint density at radius 3 is 3.06 bits per heavy atom. The minimum Gasteiger partial charge on any atom is -0.376 e. The molecule has 1 N–H and O–H groups in total. The van der Waals surface area contributed by atoms with Crippen molar-refractivity contribution in [2.24, 2.45) is 0 Å². The maximum absolute atomic E-state index is 5.59. The molecule has 0 aliphatic carbocycles. The summed E-state index contributed by atoms with van der Waals surface area (Å²) in [4.78, 5) is 0. The van der Waals surface area contributed by atoms with E-state index >= 15 is 0 Å². The molecular weight excluding hydrogens is 282 g/mol. The van der Waals surface area contributed by atoms with Gasteiger partial charge in [0.25, 0.3) is 0 Å². The number of nitrogens with one attached hydrogen (secondary N) is 1. The normalized spacial score (nSPS) is 22.4. The fourth-order valence-electron chi connectivity index (χ4n) is 1.86. The van der Waals surface area contributed by atoms with E-state index in [-0.39, 0.29) is 6.10 Å². The van der Waals surface area contributed by atoms with Gasteiger partial charge in [0, 0.05) is 17.1 Å². The van der Waals surface area contributed by atoms with Crippen LogP contribution in [0, 0.1) is 0 Å². The maximum atomic E-state index is 5.59. The molecule has 0 bridgehead atoms. The third-order valence-corrected chi connectivity index (χ3v) is 3.38. The van der Waals surface area contributed by atoms with Crippen molar-refractivity contribution in [3.63, 3.8) is 0 Å². The minimum atomic E-state index is 0.179. The van der Waals surface area contributed by atoms with Crippen molar-refractivity contribution in [2.45, 2.75) is 19.1 Å². The first kappa shape index (κ1) is 13.0. The van der Waals surface area contributed by atoms with E-state index in [1.807, 2.05) is 6.07 Å². The molecule has 0 spiro atoms. The molecule has 3 nitrogen and oxygen atoms in total. The van der Waals surface area contributed by atoms with Crippen LogP contribution in [-0.4, -0.2) is 32.5 Å².